The van der Waals surface area contributed by atoms with Gasteiger partial charge in [0.2, 0.25) is 0 Å². The van der Waals surface area contributed by atoms with Crippen molar-refractivity contribution >= 4 is 17.7 Å². The van der Waals surface area contributed by atoms with Gasteiger partial charge in [-0.3, -0.25) is 4.79 Å². The molecule has 0 radical (unpaired) electrons. The fourth-order valence-corrected chi connectivity index (χ4v) is 0.981. The summed E-state index contributed by atoms with van der Waals surface area (Å²) in [6, 6.07) is -1.40. The number of rotatable bonds is 6. The van der Waals surface area contributed by atoms with Gasteiger partial charge in [-0.1, -0.05) is 0 Å². The molecule has 17 heavy (non-hydrogen) atoms. The molecule has 0 rings (SSSR count). The van der Waals surface area contributed by atoms with Crippen LogP contribution in [-0.4, -0.2) is 23.8 Å². The molecule has 0 spiro atoms. The molecule has 0 aliphatic heterocycles. The molecule has 0 unspecified atom stereocenters. The van der Waals surface area contributed by atoms with Crippen molar-refractivity contribution in [2.45, 2.75) is 26.3 Å². The Bertz CT molecular complexity index is 317. The molecule has 0 saturated heterocycles. The van der Waals surface area contributed by atoms with Crippen molar-refractivity contribution in [3.05, 3.63) is 11.8 Å². The van der Waals surface area contributed by atoms with E-state index < -0.39 is 24.4 Å². The minimum atomic E-state index is -1.56. The minimum Gasteiger partial charge on any atom is -0.550 e. The van der Waals surface area contributed by atoms with Crippen LogP contribution in [0.2, 0.25) is 0 Å². The van der Waals surface area contributed by atoms with Gasteiger partial charge in [-0.15, -0.1) is 0 Å². The van der Waals surface area contributed by atoms with Crippen molar-refractivity contribution in [3.63, 3.8) is 0 Å². The van der Waals surface area contributed by atoms with Gasteiger partial charge < -0.3 is 25.1 Å². The summed E-state index contributed by atoms with van der Waals surface area (Å²) < 4.78 is 0. The zero-order chi connectivity index (χ0) is 12.0. The number of carboxylic acids is 2. The molecular weight excluding hydrogens is 280 g/mol. The van der Waals surface area contributed by atoms with E-state index in [0.717, 1.165) is 6.08 Å². The molecule has 8 heteroatoms. The van der Waals surface area contributed by atoms with Crippen LogP contribution < -0.4 is 118 Å². The van der Waals surface area contributed by atoms with Crippen LogP contribution in [0.4, 0.5) is 0 Å². The van der Waals surface area contributed by atoms with E-state index in [4.69, 9.17) is 0 Å². The molecule has 0 heterocycles. The average molecular weight is 291 g/mol. The first kappa shape index (κ1) is 23.5. The summed E-state index contributed by atoms with van der Waals surface area (Å²) in [5.41, 5.74) is 0.262. The molecule has 0 aliphatic carbocycles. The summed E-state index contributed by atoms with van der Waals surface area (Å²) in [4.78, 5) is 31.3. The van der Waals surface area contributed by atoms with Crippen molar-refractivity contribution in [1.29, 1.82) is 0 Å². The van der Waals surface area contributed by atoms with Crippen LogP contribution in [0.3, 0.4) is 0 Å². The molecule has 0 fully saturated rings. The zero-order valence-electron chi connectivity index (χ0n) is 10.4. The third-order valence-electron chi connectivity index (χ3n) is 1.48. The number of carboxylic acid groups (broad SMARTS) is 2. The molecule has 0 aromatic rings. The van der Waals surface area contributed by atoms with Gasteiger partial charge >= 0.3 is 103 Å². The summed E-state index contributed by atoms with van der Waals surface area (Å²) in [5.74, 6) is -3.34. The second-order valence-corrected chi connectivity index (χ2v) is 3.03. The molecule has 0 amide bonds. The quantitative estimate of drug-likeness (QED) is 0.384. The summed E-state index contributed by atoms with van der Waals surface area (Å²) >= 11 is 0. The number of carbonyl (C=O) groups is 3. The Morgan fingerprint density at radius 1 is 1.18 bits per heavy atom. The maximum absolute atomic E-state index is 10.6. The Kier molecular flexibility index (Phi) is 17.2. The first-order valence-corrected chi connectivity index (χ1v) is 4.19. The predicted octanol–water partition coefficient (Wildman–Crippen LogP) is -8.66. The van der Waals surface area contributed by atoms with E-state index in [1.807, 2.05) is 0 Å². The second-order valence-electron chi connectivity index (χ2n) is 3.03. The largest absolute Gasteiger partial charge is 1.00 e. The maximum atomic E-state index is 10.6. The summed E-state index contributed by atoms with van der Waals surface area (Å²) in [6.07, 6.45) is 0.441. The van der Waals surface area contributed by atoms with Crippen molar-refractivity contribution in [3.8, 4) is 0 Å². The number of allylic oxidation sites excluding steroid dienone is 2. The number of nitrogens with one attached hydrogen (secondary N) is 1. The average Bonchev–Trinajstić information content (AvgIpc) is 1.99. The summed E-state index contributed by atoms with van der Waals surface area (Å²) in [7, 11) is 0. The molecule has 1 atom stereocenters. The number of hydrogen-bond acceptors (Lipinski definition) is 6. The maximum Gasteiger partial charge on any atom is 1.00 e. The van der Waals surface area contributed by atoms with Gasteiger partial charge in [0.25, 0.3) is 0 Å². The van der Waals surface area contributed by atoms with Crippen LogP contribution in [-0.2, 0) is 14.4 Å². The summed E-state index contributed by atoms with van der Waals surface area (Å²) in [6.45, 7) is 2.74. The van der Waals surface area contributed by atoms with Crippen LogP contribution in [0.25, 0.3) is 0 Å². The molecule has 0 aromatic carbocycles. The van der Waals surface area contributed by atoms with Gasteiger partial charge in [0, 0.05) is 18.1 Å². The van der Waals surface area contributed by atoms with Gasteiger partial charge in [-0.25, -0.2) is 0 Å². The second kappa shape index (κ2) is 12.5. The Hall–Kier alpha value is 1.42. The first-order chi connectivity index (χ1) is 6.82. The van der Waals surface area contributed by atoms with Crippen molar-refractivity contribution < 1.29 is 127 Å². The SMILES string of the molecule is CC(=O)/C=C(\C)N[C@@H](CC(=O)[O-])C(=O)[O-].[K+].[K+]. The zero-order valence-corrected chi connectivity index (χ0v) is 16.6. The Morgan fingerprint density at radius 2 is 1.65 bits per heavy atom. The Labute approximate surface area is 184 Å². The minimum absolute atomic E-state index is 0. The van der Waals surface area contributed by atoms with Crippen molar-refractivity contribution in [2.24, 2.45) is 0 Å². The van der Waals surface area contributed by atoms with E-state index in [0.29, 0.717) is 0 Å². The normalized spacial score (nSPS) is 11.5. The smallest absolute Gasteiger partial charge is 0.550 e. The predicted molar refractivity (Wildman–Crippen MR) is 46.0 cm³/mol. The van der Waals surface area contributed by atoms with Crippen molar-refractivity contribution in [1.82, 2.24) is 5.32 Å². The Morgan fingerprint density at radius 3 is 1.94 bits per heavy atom. The molecular formula is C9H11K2NO5. The van der Waals surface area contributed by atoms with Crippen LogP contribution in [0.1, 0.15) is 20.3 Å². The van der Waals surface area contributed by atoms with E-state index in [1.54, 1.807) is 0 Å². The van der Waals surface area contributed by atoms with Gasteiger partial charge in [-0.05, 0) is 19.9 Å². The fourth-order valence-electron chi connectivity index (χ4n) is 0.981. The van der Waals surface area contributed by atoms with Gasteiger partial charge in [0.15, 0.2) is 5.78 Å². The van der Waals surface area contributed by atoms with E-state index in [1.165, 1.54) is 13.8 Å². The van der Waals surface area contributed by atoms with Crippen LogP contribution in [0.15, 0.2) is 11.8 Å². The number of aliphatic carboxylic acids is 2. The van der Waals surface area contributed by atoms with Gasteiger partial charge in [0.1, 0.15) is 0 Å². The summed E-state index contributed by atoms with van der Waals surface area (Å²) in [5, 5.41) is 23.0. The first-order valence-electron chi connectivity index (χ1n) is 4.19. The van der Waals surface area contributed by atoms with E-state index >= 15 is 0 Å². The standard InChI is InChI=1S/C9H13NO5.2K/c1-5(3-6(2)11)10-7(9(14)15)4-8(12)13;;/h3,7,10H,4H2,1-2H3,(H,12,13)(H,14,15);;/q;2*+1/p-2/b5-3+;;/t7-;;/m0../s1. The fraction of sp³-hybridized carbons (Fsp3) is 0.444. The van der Waals surface area contributed by atoms with Crippen LogP contribution in [0, 0.1) is 0 Å². The molecule has 1 N–H and O–H groups in total. The number of ketones is 1. The number of carbonyl (C=O) groups excluding carboxylic acids is 3. The number of hydrogen-bond donors (Lipinski definition) is 1. The third kappa shape index (κ3) is 13.7. The molecule has 0 aromatic heterocycles. The van der Waals surface area contributed by atoms with Crippen molar-refractivity contribution in [2.75, 3.05) is 0 Å². The molecule has 0 bridgehead atoms. The molecule has 6 nitrogen and oxygen atoms in total. The van der Waals surface area contributed by atoms with E-state index in [9.17, 15) is 24.6 Å². The molecule has 0 aliphatic rings. The molecule has 84 valence electrons. The van der Waals surface area contributed by atoms with Gasteiger partial charge in [0.05, 0.1) is 12.0 Å². The topological polar surface area (TPSA) is 109 Å². The van der Waals surface area contributed by atoms with E-state index in [2.05, 4.69) is 5.32 Å². The van der Waals surface area contributed by atoms with Crippen LogP contribution in [0.5, 0.6) is 0 Å². The monoisotopic (exact) mass is 291 g/mol. The molecule has 0 saturated carbocycles. The third-order valence-corrected chi connectivity index (χ3v) is 1.48. The Balaban J connectivity index is -0.000000980. The van der Waals surface area contributed by atoms with E-state index in [-0.39, 0.29) is 114 Å². The van der Waals surface area contributed by atoms with Gasteiger partial charge in [-0.2, -0.15) is 0 Å². The van der Waals surface area contributed by atoms with Crippen LogP contribution >= 0.6 is 0 Å².